The van der Waals surface area contributed by atoms with Crippen molar-refractivity contribution in [1.29, 1.82) is 0 Å². The van der Waals surface area contributed by atoms with E-state index in [0.29, 0.717) is 10.6 Å². The number of halogens is 2. The van der Waals surface area contributed by atoms with Crippen LogP contribution in [-0.2, 0) is 0 Å². The van der Waals surface area contributed by atoms with Crippen molar-refractivity contribution in [3.8, 4) is 5.75 Å². The highest BCUT2D eigenvalue weighted by Gasteiger charge is 2.13. The van der Waals surface area contributed by atoms with Crippen LogP contribution in [0, 0.1) is 5.82 Å². The second-order valence-corrected chi connectivity index (χ2v) is 4.83. The van der Waals surface area contributed by atoms with Gasteiger partial charge in [-0.05, 0) is 23.6 Å². The van der Waals surface area contributed by atoms with Gasteiger partial charge in [0.1, 0.15) is 11.6 Å². The molecular weight excluding hydrogens is 247 g/mol. The first-order valence-corrected chi connectivity index (χ1v) is 5.44. The van der Waals surface area contributed by atoms with Gasteiger partial charge in [0.25, 0.3) is 0 Å². The van der Waals surface area contributed by atoms with Crippen LogP contribution >= 0.6 is 15.9 Å². The zero-order valence-electron chi connectivity index (χ0n) is 8.55. The highest BCUT2D eigenvalue weighted by atomic mass is 79.9. The lowest BCUT2D eigenvalue weighted by atomic mass is 9.98. The summed E-state index contributed by atoms with van der Waals surface area (Å²) in [6.45, 7) is 4.09. The summed E-state index contributed by atoms with van der Waals surface area (Å²) in [5.74, 6) is 0.582. The lowest BCUT2D eigenvalue weighted by Gasteiger charge is -2.15. The van der Waals surface area contributed by atoms with Crippen molar-refractivity contribution in [2.75, 3.05) is 7.11 Å². The van der Waals surface area contributed by atoms with Crippen LogP contribution in [0.3, 0.4) is 0 Å². The van der Waals surface area contributed by atoms with Crippen molar-refractivity contribution in [3.63, 3.8) is 0 Å². The van der Waals surface area contributed by atoms with E-state index in [1.165, 1.54) is 6.07 Å². The van der Waals surface area contributed by atoms with Crippen LogP contribution in [0.15, 0.2) is 18.2 Å². The van der Waals surface area contributed by atoms with Gasteiger partial charge in [0, 0.05) is 10.9 Å². The third kappa shape index (κ3) is 2.71. The first-order chi connectivity index (χ1) is 6.54. The van der Waals surface area contributed by atoms with E-state index in [4.69, 9.17) is 4.74 Å². The van der Waals surface area contributed by atoms with Crippen LogP contribution in [0.1, 0.15) is 25.3 Å². The maximum atomic E-state index is 13.1. The van der Waals surface area contributed by atoms with Crippen molar-refractivity contribution >= 4 is 15.9 Å². The molecule has 0 aliphatic carbocycles. The van der Waals surface area contributed by atoms with Gasteiger partial charge in [-0.25, -0.2) is 4.39 Å². The molecule has 0 spiro atoms. The fourth-order valence-corrected chi connectivity index (χ4v) is 1.54. The largest absolute Gasteiger partial charge is 0.497 e. The third-order valence-corrected chi connectivity index (χ3v) is 3.14. The molecule has 0 saturated heterocycles. The predicted octanol–water partition coefficient (Wildman–Crippen LogP) is 3.72. The average molecular weight is 261 g/mol. The number of methoxy groups -OCH3 is 1. The average Bonchev–Trinajstić information content (AvgIpc) is 2.15. The minimum absolute atomic E-state index is 0.251. The number of rotatable bonds is 3. The lowest BCUT2D eigenvalue weighted by molar-refractivity contribution is 0.410. The van der Waals surface area contributed by atoms with Crippen LogP contribution in [0.25, 0.3) is 0 Å². The second-order valence-electron chi connectivity index (χ2n) is 3.39. The van der Waals surface area contributed by atoms with E-state index in [9.17, 15) is 4.39 Å². The van der Waals surface area contributed by atoms with Gasteiger partial charge >= 0.3 is 0 Å². The summed E-state index contributed by atoms with van der Waals surface area (Å²) in [6.07, 6.45) is 0. The molecule has 2 unspecified atom stereocenters. The number of alkyl halides is 1. The van der Waals surface area contributed by atoms with Crippen LogP contribution in [0.4, 0.5) is 4.39 Å². The molecule has 0 amide bonds. The molecule has 0 fully saturated rings. The van der Waals surface area contributed by atoms with E-state index in [-0.39, 0.29) is 11.7 Å². The Morgan fingerprint density at radius 2 is 1.93 bits per heavy atom. The molecule has 2 atom stereocenters. The van der Waals surface area contributed by atoms with Gasteiger partial charge in [0.15, 0.2) is 0 Å². The maximum absolute atomic E-state index is 13.1. The van der Waals surface area contributed by atoms with Crippen molar-refractivity contribution in [2.24, 2.45) is 0 Å². The first-order valence-electron chi connectivity index (χ1n) is 4.53. The van der Waals surface area contributed by atoms with Crippen LogP contribution in [0.2, 0.25) is 0 Å². The molecule has 1 rings (SSSR count). The third-order valence-electron chi connectivity index (χ3n) is 2.34. The van der Waals surface area contributed by atoms with Gasteiger partial charge in [0.05, 0.1) is 7.11 Å². The highest BCUT2D eigenvalue weighted by Crippen LogP contribution is 2.27. The van der Waals surface area contributed by atoms with E-state index in [0.717, 1.165) is 5.56 Å². The van der Waals surface area contributed by atoms with Gasteiger partial charge in [-0.1, -0.05) is 29.8 Å². The van der Waals surface area contributed by atoms with Gasteiger partial charge in [-0.3, -0.25) is 0 Å². The monoisotopic (exact) mass is 260 g/mol. The van der Waals surface area contributed by atoms with E-state index < -0.39 is 0 Å². The topological polar surface area (TPSA) is 9.23 Å². The Labute approximate surface area is 92.4 Å². The highest BCUT2D eigenvalue weighted by molar-refractivity contribution is 9.09. The molecule has 78 valence electrons. The molecule has 0 N–H and O–H groups in total. The molecule has 0 bridgehead atoms. The van der Waals surface area contributed by atoms with Gasteiger partial charge in [0.2, 0.25) is 0 Å². The van der Waals surface area contributed by atoms with Crippen molar-refractivity contribution in [1.82, 2.24) is 0 Å². The Hall–Kier alpha value is -0.570. The van der Waals surface area contributed by atoms with Crippen LogP contribution in [0.5, 0.6) is 5.75 Å². The number of benzene rings is 1. The minimum atomic E-state index is -0.251. The van der Waals surface area contributed by atoms with Crippen LogP contribution < -0.4 is 4.74 Å². The van der Waals surface area contributed by atoms with E-state index >= 15 is 0 Å². The quantitative estimate of drug-likeness (QED) is 0.753. The molecule has 0 radical (unpaired) electrons. The van der Waals surface area contributed by atoms with Gasteiger partial charge < -0.3 is 4.74 Å². The molecule has 1 nitrogen and oxygen atoms in total. The van der Waals surface area contributed by atoms with E-state index in [2.05, 4.69) is 15.9 Å². The zero-order chi connectivity index (χ0) is 10.7. The molecular formula is C11H14BrFO. The summed E-state index contributed by atoms with van der Waals surface area (Å²) in [5.41, 5.74) is 0.950. The molecule has 3 heteroatoms. The number of hydrogen-bond donors (Lipinski definition) is 0. The fraction of sp³-hybridized carbons (Fsp3) is 0.455. The summed E-state index contributed by atoms with van der Waals surface area (Å²) < 4.78 is 18.2. The summed E-state index contributed by atoms with van der Waals surface area (Å²) >= 11 is 3.48. The molecule has 1 aromatic rings. The Morgan fingerprint density at radius 1 is 1.29 bits per heavy atom. The van der Waals surface area contributed by atoms with E-state index in [1.54, 1.807) is 13.2 Å². The summed E-state index contributed by atoms with van der Waals surface area (Å²) in [6, 6.07) is 4.80. The SMILES string of the molecule is COc1cc(F)cc(C(C)C(C)Br)c1. The smallest absolute Gasteiger partial charge is 0.127 e. The normalized spacial score (nSPS) is 14.9. The van der Waals surface area contributed by atoms with E-state index in [1.807, 2.05) is 19.9 Å². The molecule has 0 heterocycles. The van der Waals surface area contributed by atoms with Crippen molar-refractivity contribution in [2.45, 2.75) is 24.6 Å². The zero-order valence-corrected chi connectivity index (χ0v) is 10.1. The van der Waals surface area contributed by atoms with Crippen LogP contribution in [-0.4, -0.2) is 11.9 Å². The predicted molar refractivity (Wildman–Crippen MR) is 59.8 cm³/mol. The first kappa shape index (κ1) is 11.5. The van der Waals surface area contributed by atoms with Gasteiger partial charge in [-0.15, -0.1) is 0 Å². The maximum Gasteiger partial charge on any atom is 0.127 e. The minimum Gasteiger partial charge on any atom is -0.497 e. The summed E-state index contributed by atoms with van der Waals surface area (Å²) in [4.78, 5) is 0.314. The Balaban J connectivity index is 3.02. The van der Waals surface area contributed by atoms with Crippen molar-refractivity contribution < 1.29 is 9.13 Å². The Kier molecular flexibility index (Phi) is 3.93. The van der Waals surface area contributed by atoms with Gasteiger partial charge in [-0.2, -0.15) is 0 Å². The van der Waals surface area contributed by atoms with Crippen molar-refractivity contribution in [3.05, 3.63) is 29.6 Å². The molecule has 0 aliphatic heterocycles. The second kappa shape index (κ2) is 4.78. The fourth-order valence-electron chi connectivity index (χ4n) is 1.23. The molecule has 0 aliphatic rings. The summed E-state index contributed by atoms with van der Waals surface area (Å²) in [5, 5.41) is 0. The lowest BCUT2D eigenvalue weighted by Crippen LogP contribution is -2.05. The number of hydrogen-bond acceptors (Lipinski definition) is 1. The standard InChI is InChI=1S/C11H14BrFO/c1-7(8(2)12)9-4-10(13)6-11(5-9)14-3/h4-8H,1-3H3. The summed E-state index contributed by atoms with van der Waals surface area (Å²) in [7, 11) is 1.54. The Bertz CT molecular complexity index is 312. The molecule has 0 aromatic heterocycles. The molecule has 14 heavy (non-hydrogen) atoms. The Morgan fingerprint density at radius 3 is 2.43 bits per heavy atom. The molecule has 1 aromatic carbocycles. The number of ether oxygens (including phenoxy) is 1. The molecule has 0 saturated carbocycles.